The van der Waals surface area contributed by atoms with Gasteiger partial charge in [0.2, 0.25) is 5.88 Å². The van der Waals surface area contributed by atoms with Gasteiger partial charge in [0.05, 0.1) is 7.11 Å². The molecule has 0 saturated carbocycles. The van der Waals surface area contributed by atoms with Gasteiger partial charge in [0.25, 0.3) is 0 Å². The highest BCUT2D eigenvalue weighted by Gasteiger charge is 2.24. The summed E-state index contributed by atoms with van der Waals surface area (Å²) in [5.74, 6) is 0.611. The van der Waals surface area contributed by atoms with E-state index in [1.807, 2.05) is 0 Å². The molecule has 1 aromatic rings. The quantitative estimate of drug-likeness (QED) is 0.873. The Kier molecular flexibility index (Phi) is 4.54. The molecule has 2 rings (SSSR count). The molecule has 6 nitrogen and oxygen atoms in total. The fourth-order valence-corrected chi connectivity index (χ4v) is 2.49. The van der Waals surface area contributed by atoms with Crippen LogP contribution >= 0.6 is 0 Å². The van der Waals surface area contributed by atoms with E-state index in [2.05, 4.69) is 14.9 Å². The van der Waals surface area contributed by atoms with Gasteiger partial charge >= 0.3 is 5.97 Å². The van der Waals surface area contributed by atoms with E-state index in [0.29, 0.717) is 12.3 Å². The lowest BCUT2D eigenvalue weighted by Crippen LogP contribution is -2.40. The molecule has 1 aliphatic heterocycles. The van der Waals surface area contributed by atoms with Gasteiger partial charge in [0.15, 0.2) is 0 Å². The van der Waals surface area contributed by atoms with Gasteiger partial charge in [-0.25, -0.2) is 9.97 Å². The number of aliphatic carboxylic acids is 1. The molecule has 1 aromatic heterocycles. The number of carboxylic acid groups (broad SMARTS) is 1. The van der Waals surface area contributed by atoms with Gasteiger partial charge in [-0.15, -0.1) is 0 Å². The Bertz CT molecular complexity index is 439. The number of methoxy groups -OCH3 is 1. The van der Waals surface area contributed by atoms with Crippen LogP contribution in [0, 0.1) is 0 Å². The van der Waals surface area contributed by atoms with E-state index in [1.165, 1.54) is 6.33 Å². The van der Waals surface area contributed by atoms with Crippen molar-refractivity contribution in [3.05, 3.63) is 12.4 Å². The van der Waals surface area contributed by atoms with E-state index in [1.54, 1.807) is 13.2 Å². The molecule has 0 aliphatic carbocycles. The first-order valence-corrected chi connectivity index (χ1v) is 6.55. The first-order chi connectivity index (χ1) is 9.20. The third-order valence-electron chi connectivity index (χ3n) is 3.45. The molecular weight excluding hydrogens is 246 g/mol. The van der Waals surface area contributed by atoms with Crippen molar-refractivity contribution in [2.24, 2.45) is 0 Å². The second-order valence-corrected chi connectivity index (χ2v) is 4.69. The molecule has 0 aromatic carbocycles. The topological polar surface area (TPSA) is 75.5 Å². The minimum Gasteiger partial charge on any atom is -0.481 e. The highest BCUT2D eigenvalue weighted by Crippen LogP contribution is 2.27. The fourth-order valence-electron chi connectivity index (χ4n) is 2.49. The van der Waals surface area contributed by atoms with Gasteiger partial charge in [0, 0.05) is 25.1 Å². The number of nitrogens with zero attached hydrogens (tertiary/aromatic N) is 3. The predicted molar refractivity (Wildman–Crippen MR) is 70.4 cm³/mol. The van der Waals surface area contributed by atoms with Crippen molar-refractivity contribution < 1.29 is 14.6 Å². The summed E-state index contributed by atoms with van der Waals surface area (Å²) in [7, 11) is 1.57. The number of anilines is 1. The van der Waals surface area contributed by atoms with Crippen molar-refractivity contribution in [2.75, 3.05) is 18.6 Å². The molecule has 0 radical (unpaired) electrons. The molecule has 1 N–H and O–H groups in total. The summed E-state index contributed by atoms with van der Waals surface area (Å²) in [6.45, 7) is 0.907. The average Bonchev–Trinajstić information content (AvgIpc) is 2.45. The molecule has 0 bridgehead atoms. The lowest BCUT2D eigenvalue weighted by atomic mass is 9.98. The molecule has 1 atom stereocenters. The molecule has 0 amide bonds. The van der Waals surface area contributed by atoms with Crippen molar-refractivity contribution in [1.82, 2.24) is 9.97 Å². The maximum Gasteiger partial charge on any atom is 0.303 e. The summed E-state index contributed by atoms with van der Waals surface area (Å²) in [6, 6.07) is 2.04. The Morgan fingerprint density at radius 2 is 2.37 bits per heavy atom. The second kappa shape index (κ2) is 6.36. The number of rotatable bonds is 5. The summed E-state index contributed by atoms with van der Waals surface area (Å²) >= 11 is 0. The maximum absolute atomic E-state index is 10.7. The van der Waals surface area contributed by atoms with Gasteiger partial charge in [-0.2, -0.15) is 0 Å². The zero-order valence-corrected chi connectivity index (χ0v) is 11.1. The summed E-state index contributed by atoms with van der Waals surface area (Å²) in [6.07, 6.45) is 5.60. The molecule has 6 heteroatoms. The maximum atomic E-state index is 10.7. The van der Waals surface area contributed by atoms with Gasteiger partial charge in [-0.05, 0) is 25.7 Å². The minimum atomic E-state index is -0.745. The number of carbonyl (C=O) groups is 1. The van der Waals surface area contributed by atoms with Crippen LogP contribution in [0.15, 0.2) is 12.4 Å². The summed E-state index contributed by atoms with van der Waals surface area (Å²) in [5.41, 5.74) is 0. The fraction of sp³-hybridized carbons (Fsp3) is 0.615. The molecule has 2 heterocycles. The third-order valence-corrected chi connectivity index (χ3v) is 3.45. The van der Waals surface area contributed by atoms with Crippen molar-refractivity contribution in [3.8, 4) is 5.88 Å². The smallest absolute Gasteiger partial charge is 0.303 e. The van der Waals surface area contributed by atoms with Crippen molar-refractivity contribution in [3.63, 3.8) is 0 Å². The molecule has 104 valence electrons. The van der Waals surface area contributed by atoms with Crippen molar-refractivity contribution in [1.29, 1.82) is 0 Å². The van der Waals surface area contributed by atoms with Crippen LogP contribution in [0.25, 0.3) is 0 Å². The van der Waals surface area contributed by atoms with Crippen LogP contribution < -0.4 is 9.64 Å². The van der Waals surface area contributed by atoms with Crippen molar-refractivity contribution in [2.45, 2.75) is 38.1 Å². The first kappa shape index (κ1) is 13.6. The molecule has 1 aliphatic rings. The van der Waals surface area contributed by atoms with Crippen LogP contribution in [-0.4, -0.2) is 40.7 Å². The number of piperidine rings is 1. The SMILES string of the molecule is COc1cc(N2CCCCC2CCC(=O)O)ncn1. The Balaban J connectivity index is 2.11. The average molecular weight is 265 g/mol. The Morgan fingerprint density at radius 3 is 3.11 bits per heavy atom. The molecule has 1 fully saturated rings. The van der Waals surface area contributed by atoms with E-state index in [-0.39, 0.29) is 12.5 Å². The van der Waals surface area contributed by atoms with E-state index >= 15 is 0 Å². The Hall–Kier alpha value is -1.85. The number of hydrogen-bond acceptors (Lipinski definition) is 5. The Labute approximate surface area is 112 Å². The van der Waals surface area contributed by atoms with Crippen molar-refractivity contribution >= 4 is 11.8 Å². The molecule has 1 saturated heterocycles. The molecule has 19 heavy (non-hydrogen) atoms. The lowest BCUT2D eigenvalue weighted by Gasteiger charge is -2.36. The molecular formula is C13H19N3O3. The highest BCUT2D eigenvalue weighted by molar-refractivity contribution is 5.66. The molecule has 0 spiro atoms. The zero-order chi connectivity index (χ0) is 13.7. The zero-order valence-electron chi connectivity index (χ0n) is 11.1. The van der Waals surface area contributed by atoms with Crippen LogP contribution in [0.3, 0.4) is 0 Å². The first-order valence-electron chi connectivity index (χ1n) is 6.55. The number of carboxylic acids is 1. The molecule has 1 unspecified atom stereocenters. The lowest BCUT2D eigenvalue weighted by molar-refractivity contribution is -0.137. The van der Waals surface area contributed by atoms with Crippen LogP contribution in [0.2, 0.25) is 0 Å². The Morgan fingerprint density at radius 1 is 1.53 bits per heavy atom. The number of ether oxygens (including phenoxy) is 1. The van der Waals surface area contributed by atoms with Crippen LogP contribution in [0.1, 0.15) is 32.1 Å². The van der Waals surface area contributed by atoms with Gasteiger partial charge in [-0.1, -0.05) is 0 Å². The summed E-state index contributed by atoms with van der Waals surface area (Å²) in [5, 5.41) is 8.82. The van der Waals surface area contributed by atoms with Gasteiger partial charge in [0.1, 0.15) is 12.1 Å². The monoisotopic (exact) mass is 265 g/mol. The van der Waals surface area contributed by atoms with E-state index in [4.69, 9.17) is 9.84 Å². The van der Waals surface area contributed by atoms with Crippen LogP contribution in [-0.2, 0) is 4.79 Å². The van der Waals surface area contributed by atoms with E-state index in [0.717, 1.165) is 31.6 Å². The highest BCUT2D eigenvalue weighted by atomic mass is 16.5. The minimum absolute atomic E-state index is 0.198. The number of hydrogen-bond donors (Lipinski definition) is 1. The standard InChI is InChI=1S/C13H19N3O3/c1-19-12-8-11(14-9-15-12)16-7-3-2-4-10(16)5-6-13(17)18/h8-10H,2-7H2,1H3,(H,17,18). The number of aromatic nitrogens is 2. The normalized spacial score (nSPS) is 19.2. The summed E-state index contributed by atoms with van der Waals surface area (Å²) in [4.78, 5) is 21.2. The summed E-state index contributed by atoms with van der Waals surface area (Å²) < 4.78 is 5.11. The van der Waals surface area contributed by atoms with Gasteiger partial charge < -0.3 is 14.7 Å². The van der Waals surface area contributed by atoms with Crippen LogP contribution in [0.5, 0.6) is 5.88 Å². The van der Waals surface area contributed by atoms with Gasteiger partial charge in [-0.3, -0.25) is 4.79 Å². The van der Waals surface area contributed by atoms with Crippen LogP contribution in [0.4, 0.5) is 5.82 Å². The van der Waals surface area contributed by atoms with E-state index in [9.17, 15) is 4.79 Å². The third kappa shape index (κ3) is 3.56. The predicted octanol–water partition coefficient (Wildman–Crippen LogP) is 1.71. The second-order valence-electron chi connectivity index (χ2n) is 4.69. The van der Waals surface area contributed by atoms with E-state index < -0.39 is 5.97 Å². The largest absolute Gasteiger partial charge is 0.481 e.